The summed E-state index contributed by atoms with van der Waals surface area (Å²) in [6, 6.07) is 18.1. The highest BCUT2D eigenvalue weighted by molar-refractivity contribution is 7.91. The van der Waals surface area contributed by atoms with Crippen molar-refractivity contribution in [2.75, 3.05) is 13.2 Å². The van der Waals surface area contributed by atoms with E-state index in [0.29, 0.717) is 22.6 Å². The first kappa shape index (κ1) is 35.1. The molecule has 10 heteroatoms. The maximum atomic E-state index is 13.7. The topological polar surface area (TPSA) is 110 Å². The van der Waals surface area contributed by atoms with Crippen molar-refractivity contribution in [1.29, 1.82) is 0 Å². The lowest BCUT2D eigenvalue weighted by Gasteiger charge is -2.33. The molecule has 0 radical (unpaired) electrons. The Morgan fingerprint density at radius 2 is 1.70 bits per heavy atom. The molecule has 3 aromatic rings. The smallest absolute Gasteiger partial charge is 0.410 e. The predicted molar refractivity (Wildman–Crippen MR) is 171 cm³/mol. The van der Waals surface area contributed by atoms with E-state index in [2.05, 4.69) is 0 Å². The Labute approximate surface area is 265 Å². The summed E-state index contributed by atoms with van der Waals surface area (Å²) in [5.74, 6) is -0.378. The number of amides is 1. The molecular weight excluding hydrogens is 602 g/mol. The van der Waals surface area contributed by atoms with Gasteiger partial charge >= 0.3 is 12.1 Å². The van der Waals surface area contributed by atoms with Gasteiger partial charge in [-0.25, -0.2) is 13.2 Å². The van der Waals surface area contributed by atoms with Crippen molar-refractivity contribution in [1.82, 2.24) is 4.90 Å². The highest BCUT2D eigenvalue weighted by Gasteiger charge is 2.29. The Balaban J connectivity index is 1.82. The lowest BCUT2D eigenvalue weighted by atomic mass is 10.0. The number of rotatable bonds is 12. The van der Waals surface area contributed by atoms with Crippen LogP contribution in [-0.2, 0) is 36.9 Å². The van der Waals surface area contributed by atoms with Gasteiger partial charge < -0.3 is 19.5 Å². The Kier molecular flexibility index (Phi) is 12.0. The predicted octanol–water partition coefficient (Wildman–Crippen LogP) is 6.88. The number of aliphatic hydroxyl groups is 1. The standard InChI is InChI=1S/C34H42ClNO7S/c1-7-42-32(38)18-14-27-19-23(2)11-17-31(27)44(40,41)29-15-12-25(13-16-29)20-24(3)36(33(39)43-34(4,5)6)22-30(37)26-9-8-10-28(35)21-26/h8-13,15-17,19,21,24,30,37H,7,14,18,20,22H2,1-6H3/t24-,30-/m1/s1. The van der Waals surface area contributed by atoms with E-state index in [9.17, 15) is 23.1 Å². The van der Waals surface area contributed by atoms with Crippen molar-refractivity contribution >= 4 is 33.5 Å². The quantitative estimate of drug-likeness (QED) is 0.214. The zero-order valence-corrected chi connectivity index (χ0v) is 27.7. The largest absolute Gasteiger partial charge is 0.466 e. The molecule has 0 unspecified atom stereocenters. The molecule has 0 saturated heterocycles. The number of hydrogen-bond donors (Lipinski definition) is 1. The SMILES string of the molecule is CCOC(=O)CCc1cc(C)ccc1S(=O)(=O)c1ccc(C[C@@H](C)N(C[C@@H](O)c2cccc(Cl)c2)C(=O)OC(C)(C)C)cc1. The van der Waals surface area contributed by atoms with Gasteiger partial charge in [0, 0.05) is 17.5 Å². The minimum absolute atomic E-state index is 0.0229. The van der Waals surface area contributed by atoms with Crippen molar-refractivity contribution in [2.45, 2.75) is 88.3 Å². The molecule has 3 aromatic carbocycles. The summed E-state index contributed by atoms with van der Waals surface area (Å²) in [4.78, 5) is 26.9. The summed E-state index contributed by atoms with van der Waals surface area (Å²) in [6.45, 7) is 11.0. The minimum atomic E-state index is -3.87. The molecule has 0 saturated carbocycles. The van der Waals surface area contributed by atoms with Gasteiger partial charge in [-0.15, -0.1) is 0 Å². The van der Waals surface area contributed by atoms with Gasteiger partial charge in [-0.3, -0.25) is 4.79 Å². The summed E-state index contributed by atoms with van der Waals surface area (Å²) in [5.41, 5.74) is 2.08. The second-order valence-electron chi connectivity index (χ2n) is 11.8. The van der Waals surface area contributed by atoms with E-state index in [1.165, 1.54) is 4.90 Å². The first-order chi connectivity index (χ1) is 20.6. The molecule has 0 bridgehead atoms. The molecule has 8 nitrogen and oxygen atoms in total. The van der Waals surface area contributed by atoms with E-state index >= 15 is 0 Å². The number of hydrogen-bond acceptors (Lipinski definition) is 7. The third kappa shape index (κ3) is 9.81. The van der Waals surface area contributed by atoms with Crippen LogP contribution in [0.4, 0.5) is 4.79 Å². The molecule has 0 heterocycles. The first-order valence-corrected chi connectivity index (χ1v) is 16.5. The molecule has 0 aromatic heterocycles. The molecule has 0 aliphatic heterocycles. The Bertz CT molecular complexity index is 1550. The van der Waals surface area contributed by atoms with Crippen LogP contribution in [0, 0.1) is 6.92 Å². The number of aliphatic hydroxyl groups excluding tert-OH is 1. The van der Waals surface area contributed by atoms with E-state index in [1.54, 1.807) is 94.4 Å². The molecule has 3 rings (SSSR count). The highest BCUT2D eigenvalue weighted by Crippen LogP contribution is 2.28. The maximum absolute atomic E-state index is 13.7. The van der Waals surface area contributed by atoms with Gasteiger partial charge in [0.05, 0.1) is 29.0 Å². The Hall–Kier alpha value is -3.40. The zero-order valence-electron chi connectivity index (χ0n) is 26.2. The molecule has 2 atom stereocenters. The third-order valence-electron chi connectivity index (χ3n) is 6.94. The number of sulfone groups is 1. The molecule has 44 heavy (non-hydrogen) atoms. The fourth-order valence-electron chi connectivity index (χ4n) is 4.78. The number of nitrogens with zero attached hydrogens (tertiary/aromatic N) is 1. The second-order valence-corrected chi connectivity index (χ2v) is 14.2. The number of carbonyl (C=O) groups excluding carboxylic acids is 2. The molecule has 1 amide bonds. The normalized spacial score (nSPS) is 13.2. The van der Waals surface area contributed by atoms with Crippen LogP contribution in [0.1, 0.15) is 69.4 Å². The van der Waals surface area contributed by atoms with Crippen LogP contribution in [0.3, 0.4) is 0 Å². The van der Waals surface area contributed by atoms with Crippen LogP contribution in [0.15, 0.2) is 76.5 Å². The summed E-state index contributed by atoms with van der Waals surface area (Å²) >= 11 is 6.11. The molecule has 1 N–H and O–H groups in total. The van der Waals surface area contributed by atoms with Crippen molar-refractivity contribution in [3.63, 3.8) is 0 Å². The summed E-state index contributed by atoms with van der Waals surface area (Å²) in [7, 11) is -3.87. The van der Waals surface area contributed by atoms with Crippen LogP contribution in [0.5, 0.6) is 0 Å². The number of carbonyl (C=O) groups is 2. The average molecular weight is 644 g/mol. The van der Waals surface area contributed by atoms with Gasteiger partial charge in [0.2, 0.25) is 9.84 Å². The lowest BCUT2D eigenvalue weighted by molar-refractivity contribution is -0.143. The number of benzene rings is 3. The number of halogens is 1. The van der Waals surface area contributed by atoms with Crippen LogP contribution in [0.2, 0.25) is 5.02 Å². The van der Waals surface area contributed by atoms with E-state index in [0.717, 1.165) is 11.1 Å². The summed E-state index contributed by atoms with van der Waals surface area (Å²) in [5, 5.41) is 11.4. The highest BCUT2D eigenvalue weighted by atomic mass is 35.5. The molecule has 0 aliphatic carbocycles. The van der Waals surface area contributed by atoms with Crippen molar-refractivity contribution < 1.29 is 32.6 Å². The van der Waals surface area contributed by atoms with Crippen LogP contribution in [0.25, 0.3) is 0 Å². The number of ether oxygens (including phenoxy) is 2. The molecule has 238 valence electrons. The van der Waals surface area contributed by atoms with Crippen LogP contribution in [-0.4, -0.2) is 55.3 Å². The van der Waals surface area contributed by atoms with Crippen molar-refractivity contribution in [2.24, 2.45) is 0 Å². The van der Waals surface area contributed by atoms with Gasteiger partial charge in [0.25, 0.3) is 0 Å². The second kappa shape index (κ2) is 15.1. The fourth-order valence-corrected chi connectivity index (χ4v) is 6.48. The molecule has 0 spiro atoms. The minimum Gasteiger partial charge on any atom is -0.466 e. The van der Waals surface area contributed by atoms with Gasteiger partial charge in [-0.2, -0.15) is 0 Å². The van der Waals surface area contributed by atoms with E-state index in [-0.39, 0.29) is 41.8 Å². The number of aryl methyl sites for hydroxylation is 2. The van der Waals surface area contributed by atoms with Crippen molar-refractivity contribution in [3.8, 4) is 0 Å². The Morgan fingerprint density at radius 1 is 1.02 bits per heavy atom. The van der Waals surface area contributed by atoms with E-state index < -0.39 is 33.7 Å². The zero-order chi connectivity index (χ0) is 32.7. The fraction of sp³-hybridized carbons (Fsp3) is 0.412. The van der Waals surface area contributed by atoms with Gasteiger partial charge in [0.15, 0.2) is 0 Å². The average Bonchev–Trinajstić information content (AvgIpc) is 2.94. The van der Waals surface area contributed by atoms with Crippen LogP contribution < -0.4 is 0 Å². The van der Waals surface area contributed by atoms with Crippen LogP contribution >= 0.6 is 11.6 Å². The lowest BCUT2D eigenvalue weighted by Crippen LogP contribution is -2.45. The maximum Gasteiger partial charge on any atom is 0.410 e. The van der Waals surface area contributed by atoms with Gasteiger partial charge in [0.1, 0.15) is 5.60 Å². The van der Waals surface area contributed by atoms with E-state index in [1.807, 2.05) is 13.8 Å². The summed E-state index contributed by atoms with van der Waals surface area (Å²) in [6.07, 6.45) is -0.858. The van der Waals surface area contributed by atoms with Gasteiger partial charge in [-0.1, -0.05) is 53.6 Å². The first-order valence-electron chi connectivity index (χ1n) is 14.6. The molecule has 0 fully saturated rings. The number of esters is 1. The summed E-state index contributed by atoms with van der Waals surface area (Å²) < 4.78 is 38.0. The monoisotopic (exact) mass is 643 g/mol. The Morgan fingerprint density at radius 3 is 2.32 bits per heavy atom. The van der Waals surface area contributed by atoms with E-state index in [4.69, 9.17) is 21.1 Å². The third-order valence-corrected chi connectivity index (χ3v) is 9.04. The van der Waals surface area contributed by atoms with Gasteiger partial charge in [-0.05, 0) is 101 Å². The molecule has 0 aliphatic rings. The van der Waals surface area contributed by atoms with Crippen molar-refractivity contribution in [3.05, 3.63) is 94.0 Å². The molecular formula is C34H42ClNO7S.